The van der Waals surface area contributed by atoms with Crippen LogP contribution in [-0.4, -0.2) is 88.8 Å². The lowest BCUT2D eigenvalue weighted by atomic mass is 10.2. The molecule has 1 aromatic rings. The van der Waals surface area contributed by atoms with Crippen molar-refractivity contribution in [2.75, 3.05) is 59.3 Å². The van der Waals surface area contributed by atoms with Gasteiger partial charge in [-0.05, 0) is 31.9 Å². The van der Waals surface area contributed by atoms with E-state index in [1.165, 1.54) is 4.31 Å². The number of rotatable bonds is 3. The zero-order valence-electron chi connectivity index (χ0n) is 16.9. The molecule has 2 saturated heterocycles. The Morgan fingerprint density at radius 2 is 1.45 bits per heavy atom. The number of ether oxygens (including phenoxy) is 3. The van der Waals surface area contributed by atoms with Crippen LogP contribution in [0.1, 0.15) is 18.4 Å². The lowest BCUT2D eigenvalue weighted by molar-refractivity contribution is -0.136. The third kappa shape index (κ3) is 5.76. The minimum Gasteiger partial charge on any atom is -0.377 e. The Morgan fingerprint density at radius 3 is 2.03 bits per heavy atom. The summed E-state index contributed by atoms with van der Waals surface area (Å²) in [5.41, 5.74) is 0.989. The molecule has 1 aromatic carbocycles. The average molecular weight is 427 g/mol. The van der Waals surface area contributed by atoms with Crippen molar-refractivity contribution in [1.29, 1.82) is 0 Å². The predicted molar refractivity (Wildman–Crippen MR) is 107 cm³/mol. The van der Waals surface area contributed by atoms with E-state index in [-0.39, 0.29) is 10.8 Å². The molecule has 0 radical (unpaired) electrons. The number of sulfonamides is 1. The zero-order valence-corrected chi connectivity index (χ0v) is 17.7. The molecule has 1 amide bonds. The molecule has 162 valence electrons. The van der Waals surface area contributed by atoms with Gasteiger partial charge in [-0.25, -0.2) is 8.42 Å². The lowest BCUT2D eigenvalue weighted by Gasteiger charge is -2.30. The molecule has 8 nitrogen and oxygen atoms in total. The summed E-state index contributed by atoms with van der Waals surface area (Å²) in [5, 5.41) is 0. The van der Waals surface area contributed by atoms with Gasteiger partial charge < -0.3 is 19.1 Å². The summed E-state index contributed by atoms with van der Waals surface area (Å²) >= 11 is 0. The second-order valence-electron chi connectivity index (χ2n) is 7.25. The molecule has 0 aliphatic carbocycles. The van der Waals surface area contributed by atoms with Crippen LogP contribution in [0, 0.1) is 6.92 Å². The van der Waals surface area contributed by atoms with Crippen LogP contribution >= 0.6 is 0 Å². The van der Waals surface area contributed by atoms with Gasteiger partial charge in [0, 0.05) is 19.6 Å². The van der Waals surface area contributed by atoms with Crippen molar-refractivity contribution in [3.05, 3.63) is 29.8 Å². The number of amides is 1. The summed E-state index contributed by atoms with van der Waals surface area (Å²) in [7, 11) is -3.72. The fraction of sp³-hybridized carbons (Fsp3) is 0.650. The van der Waals surface area contributed by atoms with Crippen LogP contribution < -0.4 is 0 Å². The maximum Gasteiger partial charge on any atom is 0.243 e. The molecule has 0 unspecified atom stereocenters. The molecular weight excluding hydrogens is 396 g/mol. The molecule has 0 spiro atoms. The van der Waals surface area contributed by atoms with E-state index in [0.29, 0.717) is 72.1 Å². The van der Waals surface area contributed by atoms with Crippen molar-refractivity contribution in [2.24, 2.45) is 0 Å². The van der Waals surface area contributed by atoms with Crippen LogP contribution in [0.15, 0.2) is 29.2 Å². The summed E-state index contributed by atoms with van der Waals surface area (Å²) < 4.78 is 44.1. The van der Waals surface area contributed by atoms with Gasteiger partial charge in [-0.1, -0.05) is 17.7 Å². The maximum atomic E-state index is 13.2. The third-order valence-corrected chi connectivity index (χ3v) is 7.11. The highest BCUT2D eigenvalue weighted by molar-refractivity contribution is 7.89. The molecule has 9 heteroatoms. The Hall–Kier alpha value is -1.52. The van der Waals surface area contributed by atoms with Gasteiger partial charge in [0.25, 0.3) is 0 Å². The number of carbonyl (C=O) groups excluding carboxylic acids is 1. The molecule has 2 aliphatic heterocycles. The van der Waals surface area contributed by atoms with Gasteiger partial charge in [0.1, 0.15) is 6.04 Å². The normalized spacial score (nSPS) is 23.3. The summed E-state index contributed by atoms with van der Waals surface area (Å²) in [6, 6.07) is 6.07. The summed E-state index contributed by atoms with van der Waals surface area (Å²) in [6.07, 6.45) is 1.19. The van der Waals surface area contributed by atoms with E-state index < -0.39 is 16.1 Å². The monoisotopic (exact) mass is 426 g/mol. The Balaban J connectivity index is 1.72. The number of hydrogen-bond acceptors (Lipinski definition) is 6. The van der Waals surface area contributed by atoms with E-state index in [4.69, 9.17) is 14.2 Å². The van der Waals surface area contributed by atoms with Crippen molar-refractivity contribution in [3.8, 4) is 0 Å². The van der Waals surface area contributed by atoms with E-state index in [1.54, 1.807) is 29.2 Å². The van der Waals surface area contributed by atoms with Gasteiger partial charge in [0.05, 0.1) is 44.5 Å². The van der Waals surface area contributed by atoms with Crippen molar-refractivity contribution >= 4 is 15.9 Å². The number of hydrogen-bond donors (Lipinski definition) is 0. The number of aryl methyl sites for hydroxylation is 1. The molecule has 2 aliphatic rings. The van der Waals surface area contributed by atoms with Crippen LogP contribution in [0.5, 0.6) is 0 Å². The minimum absolute atomic E-state index is 0.182. The average Bonchev–Trinajstić information content (AvgIpc) is 3.19. The van der Waals surface area contributed by atoms with Crippen LogP contribution in [-0.2, 0) is 29.0 Å². The molecule has 0 N–H and O–H groups in total. The second-order valence-corrected chi connectivity index (χ2v) is 9.14. The van der Waals surface area contributed by atoms with Crippen LogP contribution in [0.3, 0.4) is 0 Å². The number of nitrogens with zero attached hydrogens (tertiary/aromatic N) is 2. The molecule has 2 fully saturated rings. The SMILES string of the molecule is Cc1ccc(S(=O)(=O)N2CCC[C@H]2C(=O)N2CCOCCOCCOCC2)cc1. The quantitative estimate of drug-likeness (QED) is 0.718. The number of benzene rings is 1. The summed E-state index contributed by atoms with van der Waals surface area (Å²) in [4.78, 5) is 15.1. The van der Waals surface area contributed by atoms with Gasteiger partial charge in [0.2, 0.25) is 15.9 Å². The standard InChI is InChI=1S/C20H30N2O6S/c1-17-4-6-18(7-5-17)29(24,25)22-8-2-3-19(22)20(23)21-9-11-26-13-15-28-16-14-27-12-10-21/h4-7,19H,2-3,8-16H2,1H3/t19-/m0/s1. The fourth-order valence-corrected chi connectivity index (χ4v) is 5.21. The van der Waals surface area contributed by atoms with Crippen molar-refractivity contribution < 1.29 is 27.4 Å². The molecule has 3 rings (SSSR count). The van der Waals surface area contributed by atoms with Crippen LogP contribution in [0.2, 0.25) is 0 Å². The highest BCUT2D eigenvalue weighted by Gasteiger charge is 2.41. The first-order chi connectivity index (χ1) is 14.0. The molecule has 0 saturated carbocycles. The third-order valence-electron chi connectivity index (χ3n) is 5.18. The first kappa shape index (κ1) is 22.2. The van der Waals surface area contributed by atoms with Gasteiger partial charge in [0.15, 0.2) is 0 Å². The first-order valence-corrected chi connectivity index (χ1v) is 11.5. The Bertz CT molecular complexity index is 756. The first-order valence-electron chi connectivity index (χ1n) is 10.1. The maximum absolute atomic E-state index is 13.2. The Kier molecular flexibility index (Phi) is 8.02. The fourth-order valence-electron chi connectivity index (χ4n) is 3.55. The van der Waals surface area contributed by atoms with Crippen molar-refractivity contribution in [3.63, 3.8) is 0 Å². The van der Waals surface area contributed by atoms with Gasteiger partial charge in [-0.15, -0.1) is 0 Å². The molecule has 2 heterocycles. The van der Waals surface area contributed by atoms with Gasteiger partial charge in [-0.3, -0.25) is 4.79 Å². The summed E-state index contributed by atoms with van der Waals surface area (Å²) in [5.74, 6) is -0.182. The number of carbonyl (C=O) groups is 1. The molecule has 1 atom stereocenters. The second kappa shape index (κ2) is 10.5. The van der Waals surface area contributed by atoms with E-state index in [9.17, 15) is 13.2 Å². The predicted octanol–water partition coefficient (Wildman–Crippen LogP) is 1.04. The molecular formula is C20H30N2O6S. The van der Waals surface area contributed by atoms with Crippen molar-refractivity contribution in [1.82, 2.24) is 9.21 Å². The Labute approximate surface area is 172 Å². The lowest BCUT2D eigenvalue weighted by Crippen LogP contribution is -2.49. The smallest absolute Gasteiger partial charge is 0.243 e. The summed E-state index contributed by atoms with van der Waals surface area (Å²) in [6.45, 7) is 5.72. The van der Waals surface area contributed by atoms with Crippen molar-refractivity contribution in [2.45, 2.75) is 30.7 Å². The van der Waals surface area contributed by atoms with E-state index >= 15 is 0 Å². The highest BCUT2D eigenvalue weighted by atomic mass is 32.2. The van der Waals surface area contributed by atoms with Gasteiger partial charge >= 0.3 is 0 Å². The zero-order chi connectivity index (χ0) is 20.7. The van der Waals surface area contributed by atoms with E-state index in [2.05, 4.69) is 0 Å². The van der Waals surface area contributed by atoms with Gasteiger partial charge in [-0.2, -0.15) is 4.31 Å². The molecule has 0 bridgehead atoms. The molecule has 29 heavy (non-hydrogen) atoms. The van der Waals surface area contributed by atoms with E-state index in [0.717, 1.165) is 5.56 Å². The minimum atomic E-state index is -3.72. The Morgan fingerprint density at radius 1 is 0.897 bits per heavy atom. The van der Waals surface area contributed by atoms with E-state index in [1.807, 2.05) is 6.92 Å². The highest BCUT2D eigenvalue weighted by Crippen LogP contribution is 2.27. The molecule has 0 aromatic heterocycles. The van der Waals surface area contributed by atoms with Crippen LogP contribution in [0.4, 0.5) is 0 Å². The topological polar surface area (TPSA) is 85.4 Å². The van der Waals surface area contributed by atoms with Crippen LogP contribution in [0.25, 0.3) is 0 Å². The largest absolute Gasteiger partial charge is 0.377 e.